The van der Waals surface area contributed by atoms with Gasteiger partial charge in [-0.25, -0.2) is 0 Å². The van der Waals surface area contributed by atoms with Gasteiger partial charge in [-0.3, -0.25) is 0 Å². The van der Waals surface area contributed by atoms with E-state index in [1.807, 2.05) is 55.6 Å². The van der Waals surface area contributed by atoms with Crippen molar-refractivity contribution in [2.45, 2.75) is 12.1 Å². The first-order valence-corrected chi connectivity index (χ1v) is 13.9. The summed E-state index contributed by atoms with van der Waals surface area (Å²) < 4.78 is 106. The molecule has 4 nitrogen and oxygen atoms in total. The molecule has 1 N–H and O–H groups in total. The number of rotatable bonds is 1. The Morgan fingerprint density at radius 3 is 1.71 bits per heavy atom. The van der Waals surface area contributed by atoms with Crippen LogP contribution >= 0.6 is 7.81 Å². The van der Waals surface area contributed by atoms with E-state index in [0.29, 0.717) is 11.4 Å². The Labute approximate surface area is 226 Å². The molecule has 0 amide bonds. The van der Waals surface area contributed by atoms with Gasteiger partial charge in [-0.1, -0.05) is 18.2 Å². The van der Waals surface area contributed by atoms with Crippen molar-refractivity contribution >= 4 is 36.2 Å². The number of ether oxygens (including phenoxy) is 1. The summed E-state index contributed by atoms with van der Waals surface area (Å²) in [6.45, 7) is 0. The van der Waals surface area contributed by atoms with Crippen LogP contribution in [0.1, 0.15) is 28.2 Å². The fourth-order valence-electron chi connectivity index (χ4n) is 5.58. The van der Waals surface area contributed by atoms with Crippen LogP contribution in [0.15, 0.2) is 72.8 Å². The standard InChI is InChI=1S/C27H17F3N2O2.F6P/c1-31-15-5-2-7-17-23(15)26-24-16(31)6-3-9-21(24)34-22-10-4-8-18(25(22)26)32(17)19-13-14(27(28,29)30)11-12-20(19)33;1-7(2,3,4,5)6/h2-13,26,33H,1H3;/q;-1. The molecule has 3 aliphatic heterocycles. The van der Waals surface area contributed by atoms with Gasteiger partial charge in [0.25, 0.3) is 0 Å². The Morgan fingerprint density at radius 1 is 0.683 bits per heavy atom. The number of nitrogens with zero attached hydrogens (tertiary/aromatic N) is 2. The quantitative estimate of drug-likeness (QED) is 0.150. The number of benzene rings is 4. The van der Waals surface area contributed by atoms with Gasteiger partial charge >= 0.3 is 39.2 Å². The van der Waals surface area contributed by atoms with Crippen LogP contribution in [-0.4, -0.2) is 12.2 Å². The van der Waals surface area contributed by atoms with Crippen molar-refractivity contribution in [2.24, 2.45) is 0 Å². The van der Waals surface area contributed by atoms with E-state index in [1.165, 1.54) is 0 Å². The maximum atomic E-state index is 13.6. The first-order valence-electron chi connectivity index (χ1n) is 11.9. The topological polar surface area (TPSA) is 35.9 Å². The Bertz CT molecular complexity index is 1740. The Kier molecular flexibility index (Phi) is 5.14. The third-order valence-electron chi connectivity index (χ3n) is 6.98. The molecular weight excluding hydrogens is 586 g/mol. The molecule has 0 saturated carbocycles. The summed E-state index contributed by atoms with van der Waals surface area (Å²) in [6.07, 6.45) is -4.54. The van der Waals surface area contributed by atoms with Gasteiger partial charge in [0, 0.05) is 41.0 Å². The Balaban J connectivity index is 0.000000387. The summed E-state index contributed by atoms with van der Waals surface area (Å²) in [5.74, 6) is 1.07. The van der Waals surface area contributed by atoms with Gasteiger partial charge in [-0.15, -0.1) is 0 Å². The van der Waals surface area contributed by atoms with Crippen molar-refractivity contribution in [1.29, 1.82) is 0 Å². The van der Waals surface area contributed by atoms with E-state index in [-0.39, 0.29) is 17.4 Å². The zero-order chi connectivity index (χ0) is 29.8. The van der Waals surface area contributed by atoms with E-state index in [9.17, 15) is 43.5 Å². The van der Waals surface area contributed by atoms with Gasteiger partial charge in [-0.2, -0.15) is 13.2 Å². The average molecular weight is 603 g/mol. The molecule has 4 aromatic rings. The van der Waals surface area contributed by atoms with Crippen LogP contribution in [0.4, 0.5) is 66.8 Å². The van der Waals surface area contributed by atoms with Crippen molar-refractivity contribution in [3.63, 3.8) is 0 Å². The fraction of sp³-hybridized carbons (Fsp3) is 0.111. The SMILES string of the molecule is CN1c2cccc3c2C2c4c(cccc4N(c4cc(C(F)(F)F)ccc4O)c4cccc1c42)O3.F[P-](F)(F)(F)(F)F. The van der Waals surface area contributed by atoms with Crippen LogP contribution in [0, 0.1) is 0 Å². The minimum absolute atomic E-state index is 0.0717. The first kappa shape index (κ1) is 27.1. The molecule has 0 saturated heterocycles. The number of halogens is 9. The molecule has 216 valence electrons. The molecule has 3 heterocycles. The molecule has 4 aromatic carbocycles. The molecule has 0 fully saturated rings. The zero-order valence-electron chi connectivity index (χ0n) is 20.6. The van der Waals surface area contributed by atoms with Crippen LogP contribution < -0.4 is 14.5 Å². The molecule has 0 aliphatic carbocycles. The summed E-state index contributed by atoms with van der Waals surface area (Å²) in [7, 11) is -8.68. The second-order valence-corrected chi connectivity index (χ2v) is 11.6. The zero-order valence-corrected chi connectivity index (χ0v) is 21.5. The molecule has 3 aliphatic rings. The average Bonchev–Trinajstić information content (AvgIpc) is 2.85. The third kappa shape index (κ3) is 4.77. The molecule has 0 aromatic heterocycles. The van der Waals surface area contributed by atoms with Crippen molar-refractivity contribution in [2.75, 3.05) is 16.8 Å². The predicted octanol–water partition coefficient (Wildman–Crippen LogP) is 10.9. The number of phenols is 1. The van der Waals surface area contributed by atoms with Gasteiger partial charge in [0.2, 0.25) is 0 Å². The maximum absolute atomic E-state index is 13.6. The van der Waals surface area contributed by atoms with E-state index >= 15 is 0 Å². The van der Waals surface area contributed by atoms with Gasteiger partial charge < -0.3 is 19.6 Å². The summed E-state index contributed by atoms with van der Waals surface area (Å²) in [6, 6.07) is 20.3. The van der Waals surface area contributed by atoms with Crippen molar-refractivity contribution < 1.29 is 48.2 Å². The van der Waals surface area contributed by atoms with E-state index in [1.54, 1.807) is 4.90 Å². The van der Waals surface area contributed by atoms with Gasteiger partial charge in [0.05, 0.1) is 22.6 Å². The van der Waals surface area contributed by atoms with Crippen LogP contribution in [0.25, 0.3) is 0 Å². The first-order chi connectivity index (χ1) is 18.8. The molecule has 0 radical (unpaired) electrons. The van der Waals surface area contributed by atoms with Crippen LogP contribution in [-0.2, 0) is 6.18 Å². The molecule has 1 atom stereocenters. The number of hydrogen-bond donors (Lipinski definition) is 1. The second-order valence-electron chi connectivity index (χ2n) is 9.68. The molecule has 7 rings (SSSR count). The van der Waals surface area contributed by atoms with Gasteiger partial charge in [0.15, 0.2) is 0 Å². The number of phenolic OH excluding ortho intramolecular Hbond substituents is 1. The van der Waals surface area contributed by atoms with E-state index in [0.717, 1.165) is 57.7 Å². The summed E-state index contributed by atoms with van der Waals surface area (Å²) in [5.41, 5.74) is 5.56. The van der Waals surface area contributed by atoms with E-state index < -0.39 is 19.5 Å². The minimum atomic E-state index is -10.7. The number of anilines is 5. The van der Waals surface area contributed by atoms with Gasteiger partial charge in [0.1, 0.15) is 17.2 Å². The Morgan fingerprint density at radius 2 is 1.15 bits per heavy atom. The fourth-order valence-corrected chi connectivity index (χ4v) is 5.58. The van der Waals surface area contributed by atoms with Gasteiger partial charge in [-0.05, 0) is 54.6 Å². The molecule has 0 bridgehead atoms. The number of aromatic hydroxyl groups is 1. The van der Waals surface area contributed by atoms with E-state index in [4.69, 9.17) is 4.74 Å². The Hall–Kier alpha value is -4.12. The summed E-state index contributed by atoms with van der Waals surface area (Å²) in [5, 5.41) is 10.8. The second kappa shape index (κ2) is 7.79. The molecular formula is C27H17F9N2O2P-. The van der Waals surface area contributed by atoms with Crippen LogP contribution in [0.3, 0.4) is 0 Å². The van der Waals surface area contributed by atoms with E-state index in [2.05, 4.69) is 11.0 Å². The number of hydrogen-bond acceptors (Lipinski definition) is 4. The molecule has 0 spiro atoms. The summed E-state index contributed by atoms with van der Waals surface area (Å²) in [4.78, 5) is 3.80. The van der Waals surface area contributed by atoms with Crippen molar-refractivity contribution in [3.8, 4) is 17.2 Å². The molecule has 41 heavy (non-hydrogen) atoms. The van der Waals surface area contributed by atoms with Crippen LogP contribution in [0.5, 0.6) is 17.2 Å². The molecule has 14 heteroatoms. The number of alkyl halides is 3. The summed E-state index contributed by atoms with van der Waals surface area (Å²) >= 11 is 0. The monoisotopic (exact) mass is 603 g/mol. The van der Waals surface area contributed by atoms with Crippen molar-refractivity contribution in [1.82, 2.24) is 0 Å². The predicted molar refractivity (Wildman–Crippen MR) is 137 cm³/mol. The van der Waals surface area contributed by atoms with Crippen LogP contribution in [0.2, 0.25) is 0 Å². The normalized spacial score (nSPS) is 17.9. The molecule has 1 unspecified atom stereocenters. The third-order valence-corrected chi connectivity index (χ3v) is 6.98. The van der Waals surface area contributed by atoms with Crippen molar-refractivity contribution in [3.05, 3.63) is 95.1 Å².